The Morgan fingerprint density at radius 3 is 2.26 bits per heavy atom. The summed E-state index contributed by atoms with van der Waals surface area (Å²) in [6.45, 7) is 7.50. The first kappa shape index (κ1) is 20.8. The molecule has 0 bridgehead atoms. The van der Waals surface area contributed by atoms with Crippen LogP contribution in [0.25, 0.3) is 6.08 Å². The molecule has 2 aromatic carbocycles. The summed E-state index contributed by atoms with van der Waals surface area (Å²) in [4.78, 5) is 25.6. The van der Waals surface area contributed by atoms with Crippen LogP contribution in [0, 0.1) is 12.3 Å². The Morgan fingerprint density at radius 1 is 1.00 bits per heavy atom. The lowest BCUT2D eigenvalue weighted by Crippen LogP contribution is -2.28. The fourth-order valence-electron chi connectivity index (χ4n) is 2.22. The molecule has 0 aliphatic heterocycles. The third kappa shape index (κ3) is 6.29. The maximum atomic E-state index is 12.2. The molecule has 27 heavy (non-hydrogen) atoms. The predicted molar refractivity (Wildman–Crippen MR) is 115 cm³/mol. The number of anilines is 2. The van der Waals surface area contributed by atoms with Crippen molar-refractivity contribution in [1.29, 1.82) is 0 Å². The Hall–Kier alpha value is -2.53. The molecule has 0 aliphatic carbocycles. The summed E-state index contributed by atoms with van der Waals surface area (Å²) in [5, 5.41) is 5.76. The van der Waals surface area contributed by atoms with E-state index in [1.807, 2.05) is 70.3 Å². The lowest BCUT2D eigenvalue weighted by molar-refractivity contribution is -0.123. The Morgan fingerprint density at radius 2 is 1.67 bits per heavy atom. The second kappa shape index (κ2) is 8.91. The number of nitrogens with one attached hydrogen (secondary N) is 2. The van der Waals surface area contributed by atoms with Gasteiger partial charge in [0.1, 0.15) is 0 Å². The summed E-state index contributed by atoms with van der Waals surface area (Å²) < 4.78 is 0. The van der Waals surface area contributed by atoms with Gasteiger partial charge in [-0.25, -0.2) is 0 Å². The lowest BCUT2D eigenvalue weighted by Gasteiger charge is -2.19. The molecule has 0 radical (unpaired) electrons. The number of rotatable bonds is 5. The van der Waals surface area contributed by atoms with Gasteiger partial charge in [0.25, 0.3) is 0 Å². The van der Waals surface area contributed by atoms with Crippen molar-refractivity contribution in [2.75, 3.05) is 16.9 Å². The molecular formula is C22H26N2O2S. The fraction of sp³-hybridized carbons (Fsp3) is 0.273. The van der Waals surface area contributed by atoms with Crippen LogP contribution in [0.2, 0.25) is 0 Å². The fourth-order valence-corrected chi connectivity index (χ4v) is 2.62. The van der Waals surface area contributed by atoms with Crippen LogP contribution in [0.3, 0.4) is 0 Å². The zero-order chi connectivity index (χ0) is 20.0. The van der Waals surface area contributed by atoms with Gasteiger partial charge in [-0.2, -0.15) is 0 Å². The van der Waals surface area contributed by atoms with Gasteiger partial charge >= 0.3 is 0 Å². The Kier molecular flexibility index (Phi) is 6.86. The molecule has 2 rings (SSSR count). The predicted octanol–water partition coefficient (Wildman–Crippen LogP) is 5.35. The topological polar surface area (TPSA) is 58.2 Å². The van der Waals surface area contributed by atoms with E-state index in [1.165, 1.54) is 11.0 Å². The molecule has 0 aromatic heterocycles. The third-order valence-electron chi connectivity index (χ3n) is 3.98. The van der Waals surface area contributed by atoms with E-state index in [2.05, 4.69) is 10.6 Å². The van der Waals surface area contributed by atoms with Gasteiger partial charge in [0, 0.05) is 27.8 Å². The molecule has 5 heteroatoms. The Balaban J connectivity index is 2.05. The standard InChI is InChI=1S/C22H26N2O2S/c1-15-6-10-17(14-19(15)24-21(26)22(2,3)4)23-20(25)13-9-16-7-11-18(27-5)12-8-16/h6-14H,1-5H3,(H,23,25)(H,24,26)/b13-9+. The quantitative estimate of drug-likeness (QED) is 0.541. The van der Waals surface area contributed by atoms with Crippen molar-refractivity contribution >= 4 is 41.0 Å². The van der Waals surface area contributed by atoms with E-state index in [9.17, 15) is 9.59 Å². The van der Waals surface area contributed by atoms with Gasteiger partial charge in [-0.15, -0.1) is 11.8 Å². The van der Waals surface area contributed by atoms with Crippen LogP contribution in [-0.2, 0) is 9.59 Å². The van der Waals surface area contributed by atoms with Crippen molar-refractivity contribution in [2.24, 2.45) is 5.41 Å². The van der Waals surface area contributed by atoms with Gasteiger partial charge in [-0.3, -0.25) is 9.59 Å². The Bertz CT molecular complexity index is 850. The van der Waals surface area contributed by atoms with Crippen molar-refractivity contribution in [2.45, 2.75) is 32.6 Å². The van der Waals surface area contributed by atoms with Gasteiger partial charge in [-0.1, -0.05) is 39.0 Å². The highest BCUT2D eigenvalue weighted by Crippen LogP contribution is 2.23. The average molecular weight is 383 g/mol. The summed E-state index contributed by atoms with van der Waals surface area (Å²) in [7, 11) is 0. The number of aryl methyl sites for hydroxylation is 1. The van der Waals surface area contributed by atoms with Crippen LogP contribution in [0.15, 0.2) is 53.4 Å². The minimum absolute atomic E-state index is 0.0670. The molecule has 0 heterocycles. The van der Waals surface area contributed by atoms with E-state index in [0.29, 0.717) is 11.4 Å². The maximum absolute atomic E-state index is 12.2. The smallest absolute Gasteiger partial charge is 0.248 e. The van der Waals surface area contributed by atoms with Gasteiger partial charge in [0.2, 0.25) is 11.8 Å². The molecule has 0 aliphatic rings. The molecule has 0 spiro atoms. The molecule has 2 N–H and O–H groups in total. The van der Waals surface area contributed by atoms with Crippen molar-refractivity contribution < 1.29 is 9.59 Å². The summed E-state index contributed by atoms with van der Waals surface area (Å²) >= 11 is 1.68. The number of hydrogen-bond acceptors (Lipinski definition) is 3. The van der Waals surface area contributed by atoms with Crippen LogP contribution in [-0.4, -0.2) is 18.1 Å². The second-order valence-corrected chi connectivity index (χ2v) is 8.21. The van der Waals surface area contributed by atoms with Crippen LogP contribution in [0.4, 0.5) is 11.4 Å². The summed E-state index contributed by atoms with van der Waals surface area (Å²) in [5.74, 6) is -0.288. The third-order valence-corrected chi connectivity index (χ3v) is 4.72. The van der Waals surface area contributed by atoms with Crippen LogP contribution in [0.1, 0.15) is 31.9 Å². The molecule has 2 aromatic rings. The van der Waals surface area contributed by atoms with Gasteiger partial charge in [0.05, 0.1) is 0 Å². The van der Waals surface area contributed by atoms with Crippen molar-refractivity contribution in [3.63, 3.8) is 0 Å². The number of benzene rings is 2. The van der Waals surface area contributed by atoms with Crippen molar-refractivity contribution in [3.05, 3.63) is 59.7 Å². The van der Waals surface area contributed by atoms with Crippen LogP contribution < -0.4 is 10.6 Å². The first-order valence-electron chi connectivity index (χ1n) is 8.74. The van der Waals surface area contributed by atoms with E-state index in [0.717, 1.165) is 11.1 Å². The molecule has 142 valence electrons. The van der Waals surface area contributed by atoms with E-state index in [1.54, 1.807) is 23.9 Å². The average Bonchev–Trinajstić information content (AvgIpc) is 2.62. The number of hydrogen-bond donors (Lipinski definition) is 2. The monoisotopic (exact) mass is 382 g/mol. The highest BCUT2D eigenvalue weighted by Gasteiger charge is 2.21. The summed E-state index contributed by atoms with van der Waals surface area (Å²) in [6, 6.07) is 13.5. The van der Waals surface area contributed by atoms with Crippen molar-refractivity contribution in [3.8, 4) is 0 Å². The number of carbonyl (C=O) groups is 2. The molecule has 0 saturated heterocycles. The second-order valence-electron chi connectivity index (χ2n) is 7.33. The largest absolute Gasteiger partial charge is 0.325 e. The molecule has 0 atom stereocenters. The van der Waals surface area contributed by atoms with E-state index in [4.69, 9.17) is 0 Å². The summed E-state index contributed by atoms with van der Waals surface area (Å²) in [5.41, 5.74) is 2.75. The SMILES string of the molecule is CSc1ccc(/C=C/C(=O)Nc2ccc(C)c(NC(=O)C(C)(C)C)c2)cc1. The number of thioether (sulfide) groups is 1. The van der Waals surface area contributed by atoms with Crippen molar-refractivity contribution in [1.82, 2.24) is 0 Å². The maximum Gasteiger partial charge on any atom is 0.248 e. The molecular weight excluding hydrogens is 356 g/mol. The van der Waals surface area contributed by atoms with E-state index >= 15 is 0 Å². The normalized spacial score (nSPS) is 11.4. The lowest BCUT2D eigenvalue weighted by atomic mass is 9.95. The first-order chi connectivity index (χ1) is 12.7. The molecule has 2 amide bonds. The first-order valence-corrected chi connectivity index (χ1v) is 9.97. The van der Waals surface area contributed by atoms with Crippen LogP contribution >= 0.6 is 11.8 Å². The zero-order valence-corrected chi connectivity index (χ0v) is 17.2. The van der Waals surface area contributed by atoms with E-state index < -0.39 is 5.41 Å². The highest BCUT2D eigenvalue weighted by atomic mass is 32.2. The van der Waals surface area contributed by atoms with E-state index in [-0.39, 0.29) is 11.8 Å². The summed E-state index contributed by atoms with van der Waals surface area (Å²) in [6.07, 6.45) is 5.30. The minimum Gasteiger partial charge on any atom is -0.325 e. The minimum atomic E-state index is -0.486. The van der Waals surface area contributed by atoms with Gasteiger partial charge in [0.15, 0.2) is 0 Å². The Labute approximate surface area is 165 Å². The number of amides is 2. The molecule has 0 fully saturated rings. The van der Waals surface area contributed by atoms with Crippen LogP contribution in [0.5, 0.6) is 0 Å². The highest BCUT2D eigenvalue weighted by molar-refractivity contribution is 7.98. The molecule has 0 unspecified atom stereocenters. The van der Waals surface area contributed by atoms with Gasteiger partial charge < -0.3 is 10.6 Å². The molecule has 4 nitrogen and oxygen atoms in total. The van der Waals surface area contributed by atoms with Gasteiger partial charge in [-0.05, 0) is 54.6 Å². The molecule has 0 saturated carbocycles. The number of carbonyl (C=O) groups excluding carboxylic acids is 2. The zero-order valence-electron chi connectivity index (χ0n) is 16.4.